The second-order valence-electron chi connectivity index (χ2n) is 3.83. The number of pyridine rings is 1. The number of hydrogen-bond acceptors (Lipinski definition) is 4. The number of nitrogens with zero attached hydrogens (tertiary/aromatic N) is 3. The number of hydrogen-bond donors (Lipinski definition) is 2. The highest BCUT2D eigenvalue weighted by Gasteiger charge is 2.11. The highest BCUT2D eigenvalue weighted by molar-refractivity contribution is 5.79. The van der Waals surface area contributed by atoms with Gasteiger partial charge in [0.2, 0.25) is 0 Å². The molecule has 2 heterocycles. The van der Waals surface area contributed by atoms with E-state index < -0.39 is 0 Å². The lowest BCUT2D eigenvalue weighted by atomic mass is 10.0. The quantitative estimate of drug-likeness (QED) is 0.690. The summed E-state index contributed by atoms with van der Waals surface area (Å²) in [6.07, 6.45) is 3.40. The molecule has 1 unspecified atom stereocenters. The molecule has 3 N–H and O–H groups in total. The lowest BCUT2D eigenvalue weighted by Gasteiger charge is -2.09. The molecule has 0 saturated carbocycles. The summed E-state index contributed by atoms with van der Waals surface area (Å²) in [5.74, 6) is 0. The Morgan fingerprint density at radius 1 is 1.24 bits per heavy atom. The topological polar surface area (TPSA) is 80.5 Å². The van der Waals surface area contributed by atoms with Gasteiger partial charge in [0.05, 0.1) is 17.8 Å². The molecule has 84 valence electrons. The van der Waals surface area contributed by atoms with Crippen molar-refractivity contribution in [3.63, 3.8) is 0 Å². The van der Waals surface area contributed by atoms with Crippen molar-refractivity contribution in [1.82, 2.24) is 20.4 Å². The van der Waals surface area contributed by atoms with E-state index in [4.69, 9.17) is 5.73 Å². The van der Waals surface area contributed by atoms with Crippen LogP contribution >= 0.6 is 0 Å². The molecule has 1 aromatic carbocycles. The van der Waals surface area contributed by atoms with E-state index in [1.165, 1.54) is 0 Å². The molecule has 17 heavy (non-hydrogen) atoms. The molecule has 2 aromatic heterocycles. The summed E-state index contributed by atoms with van der Waals surface area (Å²) in [7, 11) is 0. The van der Waals surface area contributed by atoms with Crippen LogP contribution in [-0.4, -0.2) is 20.4 Å². The molecule has 0 aliphatic rings. The van der Waals surface area contributed by atoms with Gasteiger partial charge < -0.3 is 5.73 Å². The number of rotatable bonds is 2. The highest BCUT2D eigenvalue weighted by atomic mass is 15.3. The Kier molecular flexibility index (Phi) is 2.31. The minimum atomic E-state index is -0.278. The van der Waals surface area contributed by atoms with Gasteiger partial charge in [0, 0.05) is 11.6 Å². The summed E-state index contributed by atoms with van der Waals surface area (Å²) in [4.78, 5) is 4.31. The van der Waals surface area contributed by atoms with E-state index in [1.807, 2.05) is 30.3 Å². The Labute approximate surface area is 97.7 Å². The molecular formula is C12H11N5. The molecule has 1 atom stereocenters. The minimum Gasteiger partial charge on any atom is -0.319 e. The van der Waals surface area contributed by atoms with Crippen LogP contribution < -0.4 is 5.73 Å². The van der Waals surface area contributed by atoms with Gasteiger partial charge in [0.25, 0.3) is 0 Å². The fourth-order valence-electron chi connectivity index (χ4n) is 1.81. The zero-order valence-electron chi connectivity index (χ0n) is 9.04. The minimum absolute atomic E-state index is 0.278. The van der Waals surface area contributed by atoms with Crippen LogP contribution in [0.3, 0.4) is 0 Å². The Morgan fingerprint density at radius 2 is 2.18 bits per heavy atom. The van der Waals surface area contributed by atoms with Crippen LogP contribution in [0.25, 0.3) is 10.9 Å². The first-order valence-electron chi connectivity index (χ1n) is 5.30. The number of aromatic amines is 1. The SMILES string of the molecule is NC(c1ccc2cccnc2c1)c1cn[nH]n1. The van der Waals surface area contributed by atoms with Crippen LogP contribution in [0.15, 0.2) is 42.7 Å². The van der Waals surface area contributed by atoms with Crippen molar-refractivity contribution in [2.75, 3.05) is 0 Å². The average Bonchev–Trinajstić information content (AvgIpc) is 2.91. The van der Waals surface area contributed by atoms with Crippen molar-refractivity contribution in [1.29, 1.82) is 0 Å². The third-order valence-electron chi connectivity index (χ3n) is 2.74. The molecule has 5 heteroatoms. The van der Waals surface area contributed by atoms with E-state index in [2.05, 4.69) is 20.4 Å². The lowest BCUT2D eigenvalue weighted by molar-refractivity contribution is 0.810. The summed E-state index contributed by atoms with van der Waals surface area (Å²) in [5, 5.41) is 11.4. The predicted octanol–water partition coefficient (Wildman–Crippen LogP) is 1.40. The summed E-state index contributed by atoms with van der Waals surface area (Å²) in [6.45, 7) is 0. The number of nitrogens with two attached hydrogens (primary N) is 1. The van der Waals surface area contributed by atoms with Crippen molar-refractivity contribution in [3.8, 4) is 0 Å². The van der Waals surface area contributed by atoms with Gasteiger partial charge in [-0.2, -0.15) is 15.4 Å². The Balaban J connectivity index is 2.06. The normalized spacial score (nSPS) is 12.8. The van der Waals surface area contributed by atoms with E-state index in [0.717, 1.165) is 22.2 Å². The van der Waals surface area contributed by atoms with E-state index in [1.54, 1.807) is 12.4 Å². The molecular weight excluding hydrogens is 214 g/mol. The molecule has 0 radical (unpaired) electrons. The summed E-state index contributed by atoms with van der Waals surface area (Å²) in [6, 6.07) is 9.64. The van der Waals surface area contributed by atoms with Crippen molar-refractivity contribution < 1.29 is 0 Å². The first-order valence-corrected chi connectivity index (χ1v) is 5.30. The molecule has 0 aliphatic carbocycles. The van der Waals surface area contributed by atoms with Crippen molar-refractivity contribution in [3.05, 3.63) is 54.0 Å². The number of aromatic nitrogens is 4. The van der Waals surface area contributed by atoms with Crippen molar-refractivity contribution >= 4 is 10.9 Å². The largest absolute Gasteiger partial charge is 0.319 e. The van der Waals surface area contributed by atoms with Gasteiger partial charge >= 0.3 is 0 Å². The van der Waals surface area contributed by atoms with Crippen LogP contribution in [0.5, 0.6) is 0 Å². The zero-order valence-corrected chi connectivity index (χ0v) is 9.04. The molecule has 5 nitrogen and oxygen atoms in total. The van der Waals surface area contributed by atoms with Crippen LogP contribution in [0.2, 0.25) is 0 Å². The molecule has 3 rings (SSSR count). The van der Waals surface area contributed by atoms with Gasteiger partial charge in [0.15, 0.2) is 0 Å². The average molecular weight is 225 g/mol. The number of fused-ring (bicyclic) bond motifs is 1. The van der Waals surface area contributed by atoms with E-state index in [-0.39, 0.29) is 6.04 Å². The smallest absolute Gasteiger partial charge is 0.104 e. The van der Waals surface area contributed by atoms with Gasteiger partial charge in [-0.05, 0) is 17.7 Å². The highest BCUT2D eigenvalue weighted by Crippen LogP contribution is 2.20. The Morgan fingerprint density at radius 3 is 3.00 bits per heavy atom. The second kappa shape index (κ2) is 3.95. The molecule has 0 aliphatic heterocycles. The van der Waals surface area contributed by atoms with E-state index in [0.29, 0.717) is 0 Å². The van der Waals surface area contributed by atoms with Crippen LogP contribution in [0, 0.1) is 0 Å². The van der Waals surface area contributed by atoms with E-state index >= 15 is 0 Å². The van der Waals surface area contributed by atoms with Crippen molar-refractivity contribution in [2.24, 2.45) is 5.73 Å². The fourth-order valence-corrected chi connectivity index (χ4v) is 1.81. The van der Waals surface area contributed by atoms with Crippen LogP contribution in [0.1, 0.15) is 17.3 Å². The predicted molar refractivity (Wildman–Crippen MR) is 64.2 cm³/mol. The number of benzene rings is 1. The lowest BCUT2D eigenvalue weighted by Crippen LogP contribution is -2.12. The standard InChI is InChI=1S/C12H11N5/c13-12(11-7-15-17-16-11)9-4-3-8-2-1-5-14-10(8)6-9/h1-7,12H,13H2,(H,15,16,17). The summed E-state index contributed by atoms with van der Waals surface area (Å²) >= 11 is 0. The molecule has 0 bridgehead atoms. The maximum absolute atomic E-state index is 6.10. The van der Waals surface area contributed by atoms with Gasteiger partial charge in [-0.25, -0.2) is 0 Å². The third kappa shape index (κ3) is 1.76. The Bertz CT molecular complexity index is 632. The number of nitrogens with one attached hydrogen (secondary N) is 1. The second-order valence-corrected chi connectivity index (χ2v) is 3.83. The molecule has 0 amide bonds. The molecule has 3 aromatic rings. The maximum Gasteiger partial charge on any atom is 0.104 e. The van der Waals surface area contributed by atoms with E-state index in [9.17, 15) is 0 Å². The van der Waals surface area contributed by atoms with Gasteiger partial charge in [-0.15, -0.1) is 0 Å². The molecule has 0 fully saturated rings. The monoisotopic (exact) mass is 225 g/mol. The third-order valence-corrected chi connectivity index (χ3v) is 2.74. The maximum atomic E-state index is 6.10. The summed E-state index contributed by atoms with van der Waals surface area (Å²) in [5.41, 5.74) is 8.74. The molecule has 0 saturated heterocycles. The van der Waals surface area contributed by atoms with Gasteiger partial charge in [-0.3, -0.25) is 4.98 Å². The zero-order chi connectivity index (χ0) is 11.7. The van der Waals surface area contributed by atoms with Crippen LogP contribution in [0.4, 0.5) is 0 Å². The van der Waals surface area contributed by atoms with Crippen LogP contribution in [-0.2, 0) is 0 Å². The van der Waals surface area contributed by atoms with Gasteiger partial charge in [-0.1, -0.05) is 18.2 Å². The number of H-pyrrole nitrogens is 1. The fraction of sp³-hybridized carbons (Fsp3) is 0.0833. The Hall–Kier alpha value is -2.27. The van der Waals surface area contributed by atoms with Gasteiger partial charge in [0.1, 0.15) is 5.69 Å². The first kappa shape index (κ1) is 9.92. The first-order chi connectivity index (χ1) is 8.34. The molecule has 0 spiro atoms. The van der Waals surface area contributed by atoms with Crippen molar-refractivity contribution in [2.45, 2.75) is 6.04 Å². The summed E-state index contributed by atoms with van der Waals surface area (Å²) < 4.78 is 0.